The first-order chi connectivity index (χ1) is 6.95. The lowest BCUT2D eigenvalue weighted by atomic mass is 10.1. The van der Waals surface area contributed by atoms with Gasteiger partial charge in [0, 0.05) is 0 Å². The quantitative estimate of drug-likeness (QED) is 0.665. The van der Waals surface area contributed by atoms with E-state index >= 15 is 0 Å². The van der Waals surface area contributed by atoms with Gasteiger partial charge in [-0.05, 0) is 30.1 Å². The van der Waals surface area contributed by atoms with Gasteiger partial charge in [-0.3, -0.25) is 0 Å². The SMILES string of the molecule is [C]1=C(CC=Cc2ccccc2)C=CC1. The Bertz CT molecular complexity index is 366. The first-order valence-corrected chi connectivity index (χ1v) is 4.93. The largest absolute Gasteiger partial charge is 0.0798 e. The maximum absolute atomic E-state index is 3.30. The highest BCUT2D eigenvalue weighted by molar-refractivity contribution is 5.49. The van der Waals surface area contributed by atoms with Crippen molar-refractivity contribution in [2.24, 2.45) is 0 Å². The van der Waals surface area contributed by atoms with E-state index in [4.69, 9.17) is 0 Å². The van der Waals surface area contributed by atoms with Crippen molar-refractivity contribution in [1.82, 2.24) is 0 Å². The van der Waals surface area contributed by atoms with Crippen molar-refractivity contribution in [2.75, 3.05) is 0 Å². The van der Waals surface area contributed by atoms with Crippen molar-refractivity contribution in [1.29, 1.82) is 0 Å². The lowest BCUT2D eigenvalue weighted by Crippen LogP contribution is -1.72. The van der Waals surface area contributed by atoms with Crippen molar-refractivity contribution in [3.05, 3.63) is 65.8 Å². The fourth-order valence-corrected chi connectivity index (χ4v) is 1.48. The standard InChI is InChI=1S/C14H13/c1-2-7-13(8-3-1)11-6-12-14-9-4-5-10-14/h1-4,6-9,11H,5,12H2. The number of allylic oxidation sites excluding steroid dienone is 5. The molecule has 0 saturated carbocycles. The van der Waals surface area contributed by atoms with Crippen LogP contribution in [0.3, 0.4) is 0 Å². The molecule has 0 fully saturated rings. The Kier molecular flexibility index (Phi) is 2.97. The second-order valence-electron chi connectivity index (χ2n) is 3.33. The maximum atomic E-state index is 3.30. The van der Waals surface area contributed by atoms with E-state index in [1.165, 1.54) is 11.1 Å². The Hall–Kier alpha value is -1.56. The highest BCUT2D eigenvalue weighted by Gasteiger charge is 1.94. The van der Waals surface area contributed by atoms with Crippen LogP contribution in [0.25, 0.3) is 6.08 Å². The smallest absolute Gasteiger partial charge is 0.00884 e. The summed E-state index contributed by atoms with van der Waals surface area (Å²) in [6.45, 7) is 0. The molecular formula is C14H13. The van der Waals surface area contributed by atoms with Gasteiger partial charge in [0.1, 0.15) is 0 Å². The van der Waals surface area contributed by atoms with Gasteiger partial charge in [-0.2, -0.15) is 0 Å². The molecule has 2 rings (SSSR count). The van der Waals surface area contributed by atoms with Crippen LogP contribution < -0.4 is 0 Å². The van der Waals surface area contributed by atoms with Crippen LogP contribution in [0.5, 0.6) is 0 Å². The molecule has 0 aliphatic heterocycles. The summed E-state index contributed by atoms with van der Waals surface area (Å²) in [5, 5.41) is 0. The van der Waals surface area contributed by atoms with E-state index in [1.54, 1.807) is 0 Å². The molecule has 0 saturated heterocycles. The predicted octanol–water partition coefficient (Wildman–Crippen LogP) is 3.78. The first-order valence-electron chi connectivity index (χ1n) is 4.93. The lowest BCUT2D eigenvalue weighted by Gasteiger charge is -1.92. The Morgan fingerprint density at radius 3 is 2.79 bits per heavy atom. The van der Waals surface area contributed by atoms with Crippen molar-refractivity contribution >= 4 is 6.08 Å². The first kappa shape index (κ1) is 9.01. The van der Waals surface area contributed by atoms with Gasteiger partial charge < -0.3 is 0 Å². The number of hydrogen-bond donors (Lipinski definition) is 0. The summed E-state index contributed by atoms with van der Waals surface area (Å²) >= 11 is 0. The number of rotatable bonds is 3. The molecule has 0 bridgehead atoms. The van der Waals surface area contributed by atoms with Gasteiger partial charge in [0.15, 0.2) is 0 Å². The van der Waals surface area contributed by atoms with Gasteiger partial charge in [-0.1, -0.05) is 54.6 Å². The molecule has 0 aromatic heterocycles. The predicted molar refractivity (Wildman–Crippen MR) is 60.6 cm³/mol. The maximum Gasteiger partial charge on any atom is -0.00884 e. The molecule has 1 aliphatic carbocycles. The molecule has 0 amide bonds. The molecule has 0 unspecified atom stereocenters. The average Bonchev–Trinajstić information content (AvgIpc) is 2.72. The third-order valence-electron chi connectivity index (χ3n) is 2.21. The van der Waals surface area contributed by atoms with Crippen LogP contribution in [0.2, 0.25) is 0 Å². The fourth-order valence-electron chi connectivity index (χ4n) is 1.48. The molecule has 0 nitrogen and oxygen atoms in total. The molecule has 1 aromatic carbocycles. The Labute approximate surface area is 85.3 Å². The second-order valence-corrected chi connectivity index (χ2v) is 3.33. The van der Waals surface area contributed by atoms with Crippen molar-refractivity contribution in [3.8, 4) is 0 Å². The third-order valence-corrected chi connectivity index (χ3v) is 2.21. The van der Waals surface area contributed by atoms with Crippen molar-refractivity contribution in [3.63, 3.8) is 0 Å². The van der Waals surface area contributed by atoms with Crippen LogP contribution in [0.1, 0.15) is 18.4 Å². The highest BCUT2D eigenvalue weighted by atomic mass is 14.0. The van der Waals surface area contributed by atoms with Gasteiger partial charge in [0.05, 0.1) is 0 Å². The molecule has 1 radical (unpaired) electrons. The van der Waals surface area contributed by atoms with Gasteiger partial charge in [0.2, 0.25) is 0 Å². The van der Waals surface area contributed by atoms with E-state index in [-0.39, 0.29) is 0 Å². The van der Waals surface area contributed by atoms with Crippen LogP contribution in [-0.4, -0.2) is 0 Å². The zero-order valence-corrected chi connectivity index (χ0v) is 8.11. The molecule has 14 heavy (non-hydrogen) atoms. The Balaban J connectivity index is 1.92. The summed E-state index contributed by atoms with van der Waals surface area (Å²) in [7, 11) is 0. The van der Waals surface area contributed by atoms with E-state index in [0.29, 0.717) is 0 Å². The number of hydrogen-bond acceptors (Lipinski definition) is 0. The minimum Gasteiger partial charge on any atom is -0.0798 e. The van der Waals surface area contributed by atoms with Crippen LogP contribution in [0, 0.1) is 6.08 Å². The normalized spacial score (nSPS) is 15.0. The van der Waals surface area contributed by atoms with E-state index < -0.39 is 0 Å². The summed E-state index contributed by atoms with van der Waals surface area (Å²) in [5.41, 5.74) is 2.56. The second kappa shape index (κ2) is 4.61. The lowest BCUT2D eigenvalue weighted by molar-refractivity contribution is 1.26. The Morgan fingerprint density at radius 1 is 1.21 bits per heavy atom. The monoisotopic (exact) mass is 181 g/mol. The molecule has 0 spiro atoms. The summed E-state index contributed by atoms with van der Waals surface area (Å²) < 4.78 is 0. The van der Waals surface area contributed by atoms with Gasteiger partial charge >= 0.3 is 0 Å². The molecule has 0 N–H and O–H groups in total. The zero-order valence-electron chi connectivity index (χ0n) is 8.11. The van der Waals surface area contributed by atoms with E-state index in [1.807, 2.05) is 6.07 Å². The van der Waals surface area contributed by atoms with Gasteiger partial charge in [-0.15, -0.1) is 0 Å². The van der Waals surface area contributed by atoms with E-state index in [2.05, 4.69) is 54.6 Å². The van der Waals surface area contributed by atoms with Crippen LogP contribution >= 0.6 is 0 Å². The third kappa shape index (κ3) is 2.46. The minimum absolute atomic E-state index is 0.981. The molecule has 0 heteroatoms. The molecule has 0 heterocycles. The minimum atomic E-state index is 0.981. The highest BCUT2D eigenvalue weighted by Crippen LogP contribution is 2.13. The van der Waals surface area contributed by atoms with Gasteiger partial charge in [0.25, 0.3) is 0 Å². The topological polar surface area (TPSA) is 0 Å². The Morgan fingerprint density at radius 2 is 2.07 bits per heavy atom. The van der Waals surface area contributed by atoms with Crippen LogP contribution in [0.15, 0.2) is 54.1 Å². The molecule has 1 aliphatic rings. The molecule has 0 atom stereocenters. The van der Waals surface area contributed by atoms with Gasteiger partial charge in [-0.25, -0.2) is 0 Å². The number of benzene rings is 1. The molecule has 1 aromatic rings. The van der Waals surface area contributed by atoms with Crippen LogP contribution in [0.4, 0.5) is 0 Å². The van der Waals surface area contributed by atoms with Crippen molar-refractivity contribution in [2.45, 2.75) is 12.8 Å². The average molecular weight is 181 g/mol. The van der Waals surface area contributed by atoms with Crippen molar-refractivity contribution < 1.29 is 0 Å². The summed E-state index contributed by atoms with van der Waals surface area (Å²) in [4.78, 5) is 0. The molecular weight excluding hydrogens is 168 g/mol. The summed E-state index contributed by atoms with van der Waals surface area (Å²) in [6.07, 6.45) is 13.9. The fraction of sp³-hybridized carbons (Fsp3) is 0.143. The summed E-state index contributed by atoms with van der Waals surface area (Å²) in [5.74, 6) is 0. The zero-order chi connectivity index (χ0) is 9.64. The van der Waals surface area contributed by atoms with E-state index in [0.717, 1.165) is 12.8 Å². The van der Waals surface area contributed by atoms with Crippen LogP contribution in [-0.2, 0) is 0 Å². The van der Waals surface area contributed by atoms with E-state index in [9.17, 15) is 0 Å². The molecule has 69 valence electrons. The summed E-state index contributed by atoms with van der Waals surface area (Å²) in [6, 6.07) is 10.4.